The van der Waals surface area contributed by atoms with E-state index >= 15 is 0 Å². The summed E-state index contributed by atoms with van der Waals surface area (Å²) in [5, 5.41) is 2.58. The lowest BCUT2D eigenvalue weighted by Gasteiger charge is -2.15. The SMILES string of the molecule is CC(Oc1ccc(F)cc1)C(=O)Nc1ccccc1C(N)=O. The van der Waals surface area contributed by atoms with Crippen LogP contribution in [0.25, 0.3) is 0 Å². The van der Waals surface area contributed by atoms with Crippen LogP contribution in [0.5, 0.6) is 5.75 Å². The number of rotatable bonds is 5. The predicted molar refractivity (Wildman–Crippen MR) is 80.1 cm³/mol. The Morgan fingerprint density at radius 3 is 2.41 bits per heavy atom. The minimum absolute atomic E-state index is 0.213. The number of halogens is 1. The number of nitrogens with one attached hydrogen (secondary N) is 1. The molecule has 2 rings (SSSR count). The Balaban J connectivity index is 2.05. The van der Waals surface area contributed by atoms with Gasteiger partial charge in [-0.15, -0.1) is 0 Å². The second-order valence-corrected chi connectivity index (χ2v) is 4.61. The molecule has 0 heterocycles. The number of nitrogens with two attached hydrogens (primary N) is 1. The van der Waals surface area contributed by atoms with Crippen LogP contribution in [0.1, 0.15) is 17.3 Å². The molecule has 0 radical (unpaired) electrons. The maximum atomic E-state index is 12.8. The zero-order chi connectivity index (χ0) is 16.1. The Labute approximate surface area is 126 Å². The number of hydrogen-bond donors (Lipinski definition) is 2. The highest BCUT2D eigenvalue weighted by atomic mass is 19.1. The van der Waals surface area contributed by atoms with E-state index < -0.39 is 17.9 Å². The van der Waals surface area contributed by atoms with Crippen LogP contribution in [0.2, 0.25) is 0 Å². The first kappa shape index (κ1) is 15.5. The van der Waals surface area contributed by atoms with Gasteiger partial charge in [-0.05, 0) is 43.3 Å². The summed E-state index contributed by atoms with van der Waals surface area (Å²) >= 11 is 0. The minimum Gasteiger partial charge on any atom is -0.481 e. The Morgan fingerprint density at radius 2 is 1.77 bits per heavy atom. The topological polar surface area (TPSA) is 81.4 Å². The molecule has 0 bridgehead atoms. The quantitative estimate of drug-likeness (QED) is 0.889. The fourth-order valence-electron chi connectivity index (χ4n) is 1.81. The second-order valence-electron chi connectivity index (χ2n) is 4.61. The molecule has 0 aliphatic carbocycles. The number of carbonyl (C=O) groups excluding carboxylic acids is 2. The Bertz CT molecular complexity index is 686. The highest BCUT2D eigenvalue weighted by Crippen LogP contribution is 2.17. The van der Waals surface area contributed by atoms with Crippen molar-refractivity contribution >= 4 is 17.5 Å². The molecule has 2 aromatic carbocycles. The van der Waals surface area contributed by atoms with Gasteiger partial charge in [0.1, 0.15) is 11.6 Å². The molecule has 0 saturated heterocycles. The molecular weight excluding hydrogens is 287 g/mol. The maximum Gasteiger partial charge on any atom is 0.265 e. The molecular formula is C16H15FN2O3. The van der Waals surface area contributed by atoms with E-state index in [9.17, 15) is 14.0 Å². The van der Waals surface area contributed by atoms with E-state index in [4.69, 9.17) is 10.5 Å². The molecule has 5 nitrogen and oxygen atoms in total. The van der Waals surface area contributed by atoms with Crippen molar-refractivity contribution in [3.05, 3.63) is 59.9 Å². The van der Waals surface area contributed by atoms with Gasteiger partial charge < -0.3 is 15.8 Å². The Morgan fingerprint density at radius 1 is 1.14 bits per heavy atom. The zero-order valence-electron chi connectivity index (χ0n) is 11.9. The summed E-state index contributed by atoms with van der Waals surface area (Å²) in [4.78, 5) is 23.4. The van der Waals surface area contributed by atoms with Gasteiger partial charge in [-0.3, -0.25) is 9.59 Å². The number of para-hydroxylation sites is 1. The van der Waals surface area contributed by atoms with E-state index in [2.05, 4.69) is 5.32 Å². The standard InChI is InChI=1S/C16H15FN2O3/c1-10(22-12-8-6-11(17)7-9-12)16(21)19-14-5-3-2-4-13(14)15(18)20/h2-10H,1H3,(H2,18,20)(H,19,21). The molecule has 22 heavy (non-hydrogen) atoms. The number of ether oxygens (including phenoxy) is 1. The molecule has 0 aliphatic rings. The first-order valence-electron chi connectivity index (χ1n) is 6.59. The average Bonchev–Trinajstić information content (AvgIpc) is 2.49. The Kier molecular flexibility index (Phi) is 4.73. The Hall–Kier alpha value is -2.89. The van der Waals surface area contributed by atoms with Crippen molar-refractivity contribution in [2.75, 3.05) is 5.32 Å². The molecule has 2 amide bonds. The van der Waals surface area contributed by atoms with Crippen molar-refractivity contribution in [3.63, 3.8) is 0 Å². The highest BCUT2D eigenvalue weighted by Gasteiger charge is 2.17. The fourth-order valence-corrected chi connectivity index (χ4v) is 1.81. The average molecular weight is 302 g/mol. The molecule has 1 atom stereocenters. The number of amides is 2. The van der Waals surface area contributed by atoms with Crippen LogP contribution in [0.3, 0.4) is 0 Å². The lowest BCUT2D eigenvalue weighted by atomic mass is 10.1. The van der Waals surface area contributed by atoms with Gasteiger partial charge in [-0.1, -0.05) is 12.1 Å². The zero-order valence-corrected chi connectivity index (χ0v) is 11.9. The van der Waals surface area contributed by atoms with Crippen LogP contribution in [0.15, 0.2) is 48.5 Å². The maximum absolute atomic E-state index is 12.8. The first-order valence-corrected chi connectivity index (χ1v) is 6.59. The third-order valence-corrected chi connectivity index (χ3v) is 2.95. The van der Waals surface area contributed by atoms with Gasteiger partial charge in [0.25, 0.3) is 11.8 Å². The van der Waals surface area contributed by atoms with Gasteiger partial charge in [0, 0.05) is 0 Å². The minimum atomic E-state index is -0.827. The molecule has 0 fully saturated rings. The smallest absolute Gasteiger partial charge is 0.265 e. The van der Waals surface area contributed by atoms with Gasteiger partial charge in [0.05, 0.1) is 11.3 Å². The first-order chi connectivity index (χ1) is 10.5. The van der Waals surface area contributed by atoms with Crippen molar-refractivity contribution in [1.82, 2.24) is 0 Å². The van der Waals surface area contributed by atoms with E-state index in [1.807, 2.05) is 0 Å². The van der Waals surface area contributed by atoms with E-state index in [0.717, 1.165) is 0 Å². The van der Waals surface area contributed by atoms with Crippen molar-refractivity contribution in [1.29, 1.82) is 0 Å². The molecule has 0 spiro atoms. The molecule has 2 aromatic rings. The summed E-state index contributed by atoms with van der Waals surface area (Å²) < 4.78 is 18.2. The lowest BCUT2D eigenvalue weighted by molar-refractivity contribution is -0.122. The lowest BCUT2D eigenvalue weighted by Crippen LogP contribution is -2.31. The summed E-state index contributed by atoms with van der Waals surface area (Å²) in [6.07, 6.45) is -0.827. The molecule has 1 unspecified atom stereocenters. The van der Waals surface area contributed by atoms with Gasteiger partial charge >= 0.3 is 0 Å². The van der Waals surface area contributed by atoms with E-state index in [-0.39, 0.29) is 11.4 Å². The normalized spacial score (nSPS) is 11.5. The fraction of sp³-hybridized carbons (Fsp3) is 0.125. The van der Waals surface area contributed by atoms with E-state index in [1.54, 1.807) is 25.1 Å². The van der Waals surface area contributed by atoms with Crippen LogP contribution < -0.4 is 15.8 Å². The predicted octanol–water partition coefficient (Wildman–Crippen LogP) is 2.33. The summed E-state index contributed by atoms with van der Waals surface area (Å²) in [6.45, 7) is 1.55. The number of carbonyl (C=O) groups is 2. The molecule has 3 N–H and O–H groups in total. The van der Waals surface area contributed by atoms with Gasteiger partial charge in [0.15, 0.2) is 6.10 Å². The molecule has 0 saturated carbocycles. The van der Waals surface area contributed by atoms with Gasteiger partial charge in [-0.2, -0.15) is 0 Å². The van der Waals surface area contributed by atoms with Crippen molar-refractivity contribution < 1.29 is 18.7 Å². The van der Waals surface area contributed by atoms with Crippen molar-refractivity contribution in [3.8, 4) is 5.75 Å². The molecule has 0 aliphatic heterocycles. The highest BCUT2D eigenvalue weighted by molar-refractivity contribution is 6.03. The van der Waals surface area contributed by atoms with E-state index in [1.165, 1.54) is 30.3 Å². The third-order valence-electron chi connectivity index (χ3n) is 2.95. The number of hydrogen-bond acceptors (Lipinski definition) is 3. The molecule has 114 valence electrons. The van der Waals surface area contributed by atoms with Gasteiger partial charge in [-0.25, -0.2) is 4.39 Å². The van der Waals surface area contributed by atoms with Crippen LogP contribution in [-0.2, 0) is 4.79 Å². The van der Waals surface area contributed by atoms with Crippen LogP contribution >= 0.6 is 0 Å². The van der Waals surface area contributed by atoms with Crippen molar-refractivity contribution in [2.24, 2.45) is 5.73 Å². The number of primary amides is 1. The van der Waals surface area contributed by atoms with Crippen LogP contribution in [0.4, 0.5) is 10.1 Å². The summed E-state index contributed by atoms with van der Waals surface area (Å²) in [7, 11) is 0. The summed E-state index contributed by atoms with van der Waals surface area (Å²) in [6, 6.07) is 11.7. The van der Waals surface area contributed by atoms with Gasteiger partial charge in [0.2, 0.25) is 0 Å². The summed E-state index contributed by atoms with van der Waals surface area (Å²) in [5.74, 6) is -1.10. The van der Waals surface area contributed by atoms with Crippen molar-refractivity contribution in [2.45, 2.75) is 13.0 Å². The van der Waals surface area contributed by atoms with Crippen LogP contribution in [0, 0.1) is 5.82 Å². The third kappa shape index (κ3) is 3.82. The molecule has 6 heteroatoms. The van der Waals surface area contributed by atoms with Crippen LogP contribution in [-0.4, -0.2) is 17.9 Å². The number of benzene rings is 2. The molecule has 0 aromatic heterocycles. The monoisotopic (exact) mass is 302 g/mol. The largest absolute Gasteiger partial charge is 0.481 e. The summed E-state index contributed by atoms with van der Waals surface area (Å²) in [5.41, 5.74) is 5.77. The van der Waals surface area contributed by atoms with E-state index in [0.29, 0.717) is 11.4 Å². The number of anilines is 1. The second kappa shape index (κ2) is 6.71.